The largest absolute Gasteiger partial charge is 0.496 e. The summed E-state index contributed by atoms with van der Waals surface area (Å²) < 4.78 is 6.08. The zero-order chi connectivity index (χ0) is 15.2. The van der Waals surface area contributed by atoms with E-state index in [9.17, 15) is 4.79 Å². The van der Waals surface area contributed by atoms with Gasteiger partial charge in [0.1, 0.15) is 10.8 Å². The summed E-state index contributed by atoms with van der Waals surface area (Å²) in [7, 11) is 1.62. The molecule has 2 aromatic rings. The van der Waals surface area contributed by atoms with E-state index in [0.717, 1.165) is 20.7 Å². The van der Waals surface area contributed by atoms with Crippen LogP contribution in [0.3, 0.4) is 0 Å². The molecule has 0 aliphatic heterocycles. The van der Waals surface area contributed by atoms with Gasteiger partial charge in [0, 0.05) is 12.1 Å². The molecule has 1 aromatic heterocycles. The predicted molar refractivity (Wildman–Crippen MR) is 84.8 cm³/mol. The Morgan fingerprint density at radius 3 is 2.86 bits per heavy atom. The van der Waals surface area contributed by atoms with Gasteiger partial charge in [0.25, 0.3) is 0 Å². The highest BCUT2D eigenvalue weighted by Gasteiger charge is 2.16. The summed E-state index contributed by atoms with van der Waals surface area (Å²) in [5, 5.41) is 11.6. The molecule has 1 aromatic carbocycles. The SMILES string of the molecule is COc1ccccc1CNC(=O)[C@H](C)Sc1nnc(C)s1. The van der Waals surface area contributed by atoms with Crippen LogP contribution in [-0.2, 0) is 11.3 Å². The van der Waals surface area contributed by atoms with Crippen LogP contribution in [0.1, 0.15) is 17.5 Å². The van der Waals surface area contributed by atoms with Gasteiger partial charge in [-0.2, -0.15) is 0 Å². The Morgan fingerprint density at radius 1 is 1.43 bits per heavy atom. The van der Waals surface area contributed by atoms with Crippen LogP contribution in [0.4, 0.5) is 0 Å². The lowest BCUT2D eigenvalue weighted by Gasteiger charge is -2.12. The highest BCUT2D eigenvalue weighted by Crippen LogP contribution is 2.26. The first-order valence-corrected chi connectivity index (χ1v) is 8.16. The molecule has 1 amide bonds. The Hall–Kier alpha value is -1.60. The van der Waals surface area contributed by atoms with Gasteiger partial charge < -0.3 is 10.1 Å². The topological polar surface area (TPSA) is 64.1 Å². The van der Waals surface area contributed by atoms with Crippen molar-refractivity contribution in [1.82, 2.24) is 15.5 Å². The summed E-state index contributed by atoms with van der Waals surface area (Å²) in [6, 6.07) is 7.64. The lowest BCUT2D eigenvalue weighted by atomic mass is 10.2. The van der Waals surface area contributed by atoms with Gasteiger partial charge in [0.2, 0.25) is 5.91 Å². The number of carbonyl (C=O) groups is 1. The molecule has 7 heteroatoms. The molecular weight excluding hydrogens is 306 g/mol. The van der Waals surface area contributed by atoms with E-state index < -0.39 is 0 Å². The average Bonchev–Trinajstić information content (AvgIpc) is 2.90. The van der Waals surface area contributed by atoms with Crippen molar-refractivity contribution in [2.45, 2.75) is 30.0 Å². The van der Waals surface area contributed by atoms with Crippen molar-refractivity contribution < 1.29 is 9.53 Å². The smallest absolute Gasteiger partial charge is 0.233 e. The van der Waals surface area contributed by atoms with Gasteiger partial charge in [-0.25, -0.2) is 0 Å². The zero-order valence-corrected chi connectivity index (χ0v) is 13.8. The van der Waals surface area contributed by atoms with Gasteiger partial charge in [-0.05, 0) is 19.9 Å². The van der Waals surface area contributed by atoms with E-state index >= 15 is 0 Å². The van der Waals surface area contributed by atoms with E-state index in [1.807, 2.05) is 38.1 Å². The third kappa shape index (κ3) is 4.44. The molecule has 0 saturated carbocycles. The minimum absolute atomic E-state index is 0.0289. The summed E-state index contributed by atoms with van der Waals surface area (Å²) in [4.78, 5) is 12.1. The molecule has 5 nitrogen and oxygen atoms in total. The van der Waals surface area contributed by atoms with E-state index in [4.69, 9.17) is 4.74 Å². The van der Waals surface area contributed by atoms with E-state index in [-0.39, 0.29) is 11.2 Å². The fourth-order valence-corrected chi connectivity index (χ4v) is 3.69. The number of thioether (sulfide) groups is 1. The number of nitrogens with zero attached hydrogens (tertiary/aromatic N) is 2. The molecule has 0 radical (unpaired) electrons. The van der Waals surface area contributed by atoms with Crippen LogP contribution >= 0.6 is 23.1 Å². The molecule has 0 unspecified atom stereocenters. The van der Waals surface area contributed by atoms with Crippen LogP contribution in [0.15, 0.2) is 28.6 Å². The highest BCUT2D eigenvalue weighted by molar-refractivity contribution is 8.02. The van der Waals surface area contributed by atoms with Gasteiger partial charge in [-0.3, -0.25) is 4.79 Å². The van der Waals surface area contributed by atoms with Crippen molar-refractivity contribution in [3.05, 3.63) is 34.8 Å². The maximum Gasteiger partial charge on any atom is 0.233 e. The summed E-state index contributed by atoms with van der Waals surface area (Å²) in [6.07, 6.45) is 0. The number of carbonyl (C=O) groups excluding carboxylic acids is 1. The van der Waals surface area contributed by atoms with Gasteiger partial charge in [-0.1, -0.05) is 41.3 Å². The summed E-state index contributed by atoms with van der Waals surface area (Å²) >= 11 is 2.91. The van der Waals surface area contributed by atoms with Crippen molar-refractivity contribution in [2.75, 3.05) is 7.11 Å². The van der Waals surface area contributed by atoms with E-state index in [0.29, 0.717) is 6.54 Å². The second-order valence-electron chi connectivity index (χ2n) is 4.38. The van der Waals surface area contributed by atoms with Crippen LogP contribution in [0.2, 0.25) is 0 Å². The van der Waals surface area contributed by atoms with Crippen LogP contribution < -0.4 is 10.1 Å². The molecule has 112 valence electrons. The average molecular weight is 323 g/mol. The summed E-state index contributed by atoms with van der Waals surface area (Å²) in [5.74, 6) is 0.747. The minimum atomic E-state index is -0.216. The lowest BCUT2D eigenvalue weighted by Crippen LogP contribution is -2.30. The zero-order valence-electron chi connectivity index (χ0n) is 12.1. The number of aryl methyl sites for hydroxylation is 1. The van der Waals surface area contributed by atoms with Gasteiger partial charge in [-0.15, -0.1) is 10.2 Å². The second kappa shape index (κ2) is 7.42. The second-order valence-corrected chi connectivity index (χ2v) is 7.15. The summed E-state index contributed by atoms with van der Waals surface area (Å²) in [5.41, 5.74) is 0.956. The number of amides is 1. The molecule has 0 spiro atoms. The molecule has 1 N–H and O–H groups in total. The van der Waals surface area contributed by atoms with Crippen molar-refractivity contribution in [3.8, 4) is 5.75 Å². The first-order valence-electron chi connectivity index (χ1n) is 6.46. The number of hydrogen-bond donors (Lipinski definition) is 1. The maximum atomic E-state index is 12.1. The number of ether oxygens (including phenoxy) is 1. The summed E-state index contributed by atoms with van der Waals surface area (Å²) in [6.45, 7) is 4.20. The highest BCUT2D eigenvalue weighted by atomic mass is 32.2. The van der Waals surface area contributed by atoms with Gasteiger partial charge in [0.05, 0.1) is 12.4 Å². The third-order valence-corrected chi connectivity index (χ3v) is 4.82. The van der Waals surface area contributed by atoms with Crippen molar-refractivity contribution >= 4 is 29.0 Å². The van der Waals surface area contributed by atoms with Crippen LogP contribution in [-0.4, -0.2) is 28.5 Å². The standard InChI is InChI=1S/C14H17N3O2S2/c1-9(20-14-17-16-10(2)21-14)13(18)15-8-11-6-4-5-7-12(11)19-3/h4-7,9H,8H2,1-3H3,(H,15,18)/t9-/m0/s1. The normalized spacial score (nSPS) is 12.0. The Morgan fingerprint density at radius 2 is 2.19 bits per heavy atom. The minimum Gasteiger partial charge on any atom is -0.496 e. The maximum absolute atomic E-state index is 12.1. The fraction of sp³-hybridized carbons (Fsp3) is 0.357. The van der Waals surface area contributed by atoms with E-state index in [2.05, 4.69) is 15.5 Å². The van der Waals surface area contributed by atoms with E-state index in [1.165, 1.54) is 23.1 Å². The molecule has 0 saturated heterocycles. The molecule has 2 rings (SSSR count). The molecular formula is C14H17N3O2S2. The van der Waals surface area contributed by atoms with Crippen molar-refractivity contribution in [2.24, 2.45) is 0 Å². The number of aromatic nitrogens is 2. The lowest BCUT2D eigenvalue weighted by molar-refractivity contribution is -0.120. The van der Waals surface area contributed by atoms with Crippen LogP contribution in [0.25, 0.3) is 0 Å². The number of para-hydroxylation sites is 1. The molecule has 1 atom stereocenters. The Balaban J connectivity index is 1.89. The molecule has 21 heavy (non-hydrogen) atoms. The predicted octanol–water partition coefficient (Wildman–Crippen LogP) is 2.65. The monoisotopic (exact) mass is 323 g/mol. The number of nitrogens with one attached hydrogen (secondary N) is 1. The fourth-order valence-electron chi connectivity index (χ4n) is 1.71. The number of methoxy groups -OCH3 is 1. The number of benzene rings is 1. The number of rotatable bonds is 6. The Labute approximate surface area is 132 Å². The van der Waals surface area contributed by atoms with Gasteiger partial charge >= 0.3 is 0 Å². The van der Waals surface area contributed by atoms with Crippen LogP contribution in [0, 0.1) is 6.92 Å². The first-order chi connectivity index (χ1) is 10.1. The Bertz CT molecular complexity index is 616. The molecule has 0 aliphatic carbocycles. The van der Waals surface area contributed by atoms with Crippen LogP contribution in [0.5, 0.6) is 5.75 Å². The molecule has 1 heterocycles. The molecule has 0 fully saturated rings. The molecule has 0 bridgehead atoms. The quantitative estimate of drug-likeness (QED) is 0.828. The third-order valence-electron chi connectivity index (χ3n) is 2.80. The number of hydrogen-bond acceptors (Lipinski definition) is 6. The van der Waals surface area contributed by atoms with Crippen molar-refractivity contribution in [3.63, 3.8) is 0 Å². The van der Waals surface area contributed by atoms with E-state index in [1.54, 1.807) is 7.11 Å². The van der Waals surface area contributed by atoms with Gasteiger partial charge in [0.15, 0.2) is 4.34 Å². The molecule has 0 aliphatic rings. The van der Waals surface area contributed by atoms with Crippen molar-refractivity contribution in [1.29, 1.82) is 0 Å². The Kier molecular flexibility index (Phi) is 5.58. The first kappa shape index (κ1) is 15.8.